The molecule has 7 heteroatoms. The number of allylic oxidation sites excluding steroid dienone is 2. The molecule has 1 heterocycles. The molecule has 3 fully saturated rings. The third kappa shape index (κ3) is 2.93. The average molecular weight is 359 g/mol. The number of hydrogen-bond donors (Lipinski definition) is 2. The van der Waals surface area contributed by atoms with Crippen molar-refractivity contribution < 1.29 is 19.2 Å². The largest absolute Gasteiger partial charge is 0.354 e. The highest BCUT2D eigenvalue weighted by Crippen LogP contribution is 2.52. The Morgan fingerprint density at radius 2 is 1.46 bits per heavy atom. The normalized spacial score (nSPS) is 37.8. The first-order valence-electron chi connectivity index (χ1n) is 9.54. The summed E-state index contributed by atoms with van der Waals surface area (Å²) in [6.45, 7) is 1.34. The van der Waals surface area contributed by atoms with Crippen LogP contribution in [0.15, 0.2) is 12.2 Å². The van der Waals surface area contributed by atoms with Crippen LogP contribution in [0, 0.1) is 23.7 Å². The Morgan fingerprint density at radius 3 is 1.96 bits per heavy atom. The molecule has 140 valence electrons. The Bertz CT molecular complexity index is 650. The molecule has 7 nitrogen and oxygen atoms in total. The van der Waals surface area contributed by atoms with Crippen LogP contribution in [-0.4, -0.2) is 47.2 Å². The fourth-order valence-electron chi connectivity index (χ4n) is 5.21. The number of likely N-dealkylation sites (tertiary alicyclic amines) is 1. The van der Waals surface area contributed by atoms with E-state index in [-0.39, 0.29) is 65.9 Å². The number of rotatable bonds is 4. The van der Waals surface area contributed by atoms with Gasteiger partial charge in [0.1, 0.15) is 6.54 Å². The molecule has 3 aliphatic carbocycles. The lowest BCUT2D eigenvalue weighted by Gasteiger charge is -2.29. The van der Waals surface area contributed by atoms with Crippen molar-refractivity contribution in [2.75, 3.05) is 6.54 Å². The number of imide groups is 1. The first-order valence-corrected chi connectivity index (χ1v) is 9.54. The first-order chi connectivity index (χ1) is 12.4. The van der Waals surface area contributed by atoms with Crippen LogP contribution in [0.3, 0.4) is 0 Å². The van der Waals surface area contributed by atoms with Crippen LogP contribution in [0.25, 0.3) is 0 Å². The van der Waals surface area contributed by atoms with Gasteiger partial charge in [-0.3, -0.25) is 24.1 Å². The number of carbonyl (C=O) groups is 4. The monoisotopic (exact) mass is 359 g/mol. The van der Waals surface area contributed by atoms with E-state index in [2.05, 4.69) is 10.6 Å². The van der Waals surface area contributed by atoms with Crippen LogP contribution < -0.4 is 10.6 Å². The summed E-state index contributed by atoms with van der Waals surface area (Å²) in [6, 6.07) is 0.211. The van der Waals surface area contributed by atoms with Crippen molar-refractivity contribution in [3.63, 3.8) is 0 Å². The van der Waals surface area contributed by atoms with E-state index < -0.39 is 0 Å². The van der Waals surface area contributed by atoms with Gasteiger partial charge in [0.05, 0.1) is 11.8 Å². The molecule has 26 heavy (non-hydrogen) atoms. The second-order valence-corrected chi connectivity index (χ2v) is 8.08. The van der Waals surface area contributed by atoms with Crippen molar-refractivity contribution >= 4 is 23.6 Å². The number of nitrogens with zero attached hydrogens (tertiary/aromatic N) is 1. The molecule has 0 radical (unpaired) electrons. The molecule has 4 aliphatic rings. The van der Waals surface area contributed by atoms with Crippen molar-refractivity contribution in [2.24, 2.45) is 23.7 Å². The van der Waals surface area contributed by atoms with Gasteiger partial charge in [-0.05, 0) is 43.9 Å². The van der Waals surface area contributed by atoms with E-state index in [0.717, 1.165) is 32.1 Å². The van der Waals surface area contributed by atoms with E-state index in [1.165, 1.54) is 11.8 Å². The number of fused-ring (bicyclic) bond motifs is 5. The molecule has 4 amide bonds. The summed E-state index contributed by atoms with van der Waals surface area (Å²) in [6.07, 6.45) is 8.22. The Hall–Kier alpha value is -2.18. The van der Waals surface area contributed by atoms with E-state index in [9.17, 15) is 19.2 Å². The Balaban J connectivity index is 1.29. The van der Waals surface area contributed by atoms with Gasteiger partial charge in [0.25, 0.3) is 0 Å². The van der Waals surface area contributed by atoms with E-state index >= 15 is 0 Å². The first kappa shape index (κ1) is 17.2. The number of carbonyl (C=O) groups excluding carboxylic acids is 4. The topological polar surface area (TPSA) is 95.6 Å². The molecule has 1 aliphatic heterocycles. The van der Waals surface area contributed by atoms with Crippen molar-refractivity contribution in [3.8, 4) is 0 Å². The highest BCUT2D eigenvalue weighted by molar-refractivity contribution is 6.08. The molecule has 0 aromatic rings. The predicted molar refractivity (Wildman–Crippen MR) is 92.4 cm³/mol. The molecule has 2 bridgehead atoms. The minimum Gasteiger partial charge on any atom is -0.354 e. The molecule has 4 unspecified atom stereocenters. The minimum atomic E-state index is -0.269. The van der Waals surface area contributed by atoms with Crippen molar-refractivity contribution in [1.29, 1.82) is 0 Å². The fourth-order valence-corrected chi connectivity index (χ4v) is 5.21. The molecule has 4 rings (SSSR count). The third-order valence-corrected chi connectivity index (χ3v) is 6.36. The van der Waals surface area contributed by atoms with E-state index in [1.807, 2.05) is 12.2 Å². The predicted octanol–water partition coefficient (Wildman–Crippen LogP) is 0.357. The maximum Gasteiger partial charge on any atom is 0.240 e. The summed E-state index contributed by atoms with van der Waals surface area (Å²) in [4.78, 5) is 49.9. The Labute approximate surface area is 152 Å². The summed E-state index contributed by atoms with van der Waals surface area (Å²) in [5.41, 5.74) is 0. The van der Waals surface area contributed by atoms with Crippen LogP contribution >= 0.6 is 0 Å². The summed E-state index contributed by atoms with van der Waals surface area (Å²) >= 11 is 0. The summed E-state index contributed by atoms with van der Waals surface area (Å²) in [5.74, 6) is -0.829. The van der Waals surface area contributed by atoms with Crippen LogP contribution in [0.4, 0.5) is 0 Å². The van der Waals surface area contributed by atoms with Gasteiger partial charge in [0.2, 0.25) is 23.6 Å². The zero-order valence-corrected chi connectivity index (χ0v) is 14.9. The fraction of sp³-hybridized carbons (Fsp3) is 0.684. The van der Waals surface area contributed by atoms with E-state index in [4.69, 9.17) is 0 Å². The number of hydrogen-bond acceptors (Lipinski definition) is 4. The van der Waals surface area contributed by atoms with Gasteiger partial charge < -0.3 is 10.6 Å². The maximum atomic E-state index is 12.6. The van der Waals surface area contributed by atoms with Gasteiger partial charge in [0.15, 0.2) is 0 Å². The summed E-state index contributed by atoms with van der Waals surface area (Å²) in [5, 5.41) is 5.86. The number of amides is 4. The lowest BCUT2D eigenvalue weighted by atomic mass is 9.85. The molecular weight excluding hydrogens is 334 g/mol. The van der Waals surface area contributed by atoms with Crippen LogP contribution in [-0.2, 0) is 19.2 Å². The summed E-state index contributed by atoms with van der Waals surface area (Å²) < 4.78 is 0. The average Bonchev–Trinajstić information content (AvgIpc) is 3.26. The second kappa shape index (κ2) is 6.52. The highest BCUT2D eigenvalue weighted by Gasteiger charge is 2.59. The van der Waals surface area contributed by atoms with Gasteiger partial charge in [-0.25, -0.2) is 0 Å². The quantitative estimate of drug-likeness (QED) is 0.559. The van der Waals surface area contributed by atoms with Crippen LogP contribution in [0.1, 0.15) is 39.0 Å². The van der Waals surface area contributed by atoms with Gasteiger partial charge in [-0.15, -0.1) is 0 Å². The van der Waals surface area contributed by atoms with Gasteiger partial charge >= 0.3 is 0 Å². The molecule has 0 spiro atoms. The second-order valence-electron chi connectivity index (χ2n) is 8.08. The minimum absolute atomic E-state index is 0.0300. The molecule has 1 saturated heterocycles. The Kier molecular flexibility index (Phi) is 4.32. The van der Waals surface area contributed by atoms with Crippen LogP contribution in [0.2, 0.25) is 0 Å². The summed E-state index contributed by atoms with van der Waals surface area (Å²) in [7, 11) is 0. The van der Waals surface area contributed by atoms with Gasteiger partial charge in [-0.2, -0.15) is 0 Å². The lowest BCUT2D eigenvalue weighted by molar-refractivity contribution is -0.144. The SMILES string of the molecule is CC(=O)NC1CCC(NC(=O)CN2C(=O)C3C4C=CC(C4)C3C2=O)CC1. The lowest BCUT2D eigenvalue weighted by Crippen LogP contribution is -2.47. The molecule has 0 aromatic carbocycles. The Morgan fingerprint density at radius 1 is 0.962 bits per heavy atom. The van der Waals surface area contributed by atoms with Gasteiger partial charge in [0, 0.05) is 19.0 Å². The molecule has 0 aromatic heterocycles. The zero-order chi connectivity index (χ0) is 18.4. The molecule has 2 N–H and O–H groups in total. The maximum absolute atomic E-state index is 12.6. The van der Waals surface area contributed by atoms with Crippen molar-refractivity contribution in [3.05, 3.63) is 12.2 Å². The zero-order valence-electron chi connectivity index (χ0n) is 14.9. The third-order valence-electron chi connectivity index (χ3n) is 6.36. The van der Waals surface area contributed by atoms with E-state index in [0.29, 0.717) is 0 Å². The molecular formula is C19H25N3O4. The molecule has 4 atom stereocenters. The number of nitrogens with one attached hydrogen (secondary N) is 2. The van der Waals surface area contributed by atoms with Crippen LogP contribution in [0.5, 0.6) is 0 Å². The highest BCUT2D eigenvalue weighted by atomic mass is 16.2. The van der Waals surface area contributed by atoms with Crippen molar-refractivity contribution in [2.45, 2.75) is 51.1 Å². The van der Waals surface area contributed by atoms with E-state index in [1.54, 1.807) is 0 Å². The molecule has 2 saturated carbocycles. The van der Waals surface area contributed by atoms with Crippen molar-refractivity contribution in [1.82, 2.24) is 15.5 Å². The smallest absolute Gasteiger partial charge is 0.240 e. The standard InChI is InChI=1S/C19H25N3O4/c1-10(23)20-13-4-6-14(7-5-13)21-15(24)9-22-18(25)16-11-2-3-12(8-11)17(16)19(22)26/h2-3,11-14,16-17H,4-9H2,1H3,(H,20,23)(H,21,24). The van der Waals surface area contributed by atoms with Gasteiger partial charge in [-0.1, -0.05) is 12.2 Å².